The lowest BCUT2D eigenvalue weighted by molar-refractivity contribution is -0.133. The maximum atomic E-state index is 11.2. The first-order chi connectivity index (χ1) is 9.04. The molecule has 0 atom stereocenters. The maximum absolute atomic E-state index is 11.2. The average molecular weight is 280 g/mol. The first-order valence-corrected chi connectivity index (χ1v) is 6.50. The molecular weight excluding hydrogens is 268 g/mol. The third-order valence-electron chi connectivity index (χ3n) is 2.30. The molecule has 0 fully saturated rings. The van der Waals surface area contributed by atoms with Crippen LogP contribution in [0.2, 0.25) is 0 Å². The van der Waals surface area contributed by atoms with Crippen molar-refractivity contribution in [3.63, 3.8) is 0 Å². The van der Waals surface area contributed by atoms with Gasteiger partial charge in [0, 0.05) is 12.3 Å². The Labute approximate surface area is 113 Å². The predicted octanol–water partition coefficient (Wildman–Crippen LogP) is 1.37. The highest BCUT2D eigenvalue weighted by Gasteiger charge is 2.08. The molecule has 0 aliphatic rings. The lowest BCUT2D eigenvalue weighted by atomic mass is 10.4. The molecule has 0 amide bonds. The van der Waals surface area contributed by atoms with Gasteiger partial charge in [0.15, 0.2) is 5.16 Å². The van der Waals surface area contributed by atoms with E-state index >= 15 is 0 Å². The number of nitrogens with zero attached hydrogens (tertiary/aromatic N) is 2. The zero-order valence-electron chi connectivity index (χ0n) is 10.2. The van der Waals surface area contributed by atoms with Crippen molar-refractivity contribution in [3.05, 3.63) is 46.3 Å². The highest BCUT2D eigenvalue weighted by molar-refractivity contribution is 7.99. The van der Waals surface area contributed by atoms with Crippen molar-refractivity contribution in [1.29, 1.82) is 0 Å². The van der Waals surface area contributed by atoms with E-state index in [1.54, 1.807) is 10.8 Å². The van der Waals surface area contributed by atoms with Gasteiger partial charge in [-0.15, -0.1) is 0 Å². The lowest BCUT2D eigenvalue weighted by Gasteiger charge is -2.09. The molecule has 2 heterocycles. The average Bonchev–Trinajstić information content (AvgIpc) is 2.75. The fourth-order valence-electron chi connectivity index (χ4n) is 1.51. The molecule has 2 aromatic heterocycles. The Balaban J connectivity index is 2.23. The van der Waals surface area contributed by atoms with Gasteiger partial charge in [0.25, 0.3) is 5.56 Å². The van der Waals surface area contributed by atoms with Gasteiger partial charge in [-0.25, -0.2) is 0 Å². The molecule has 0 aliphatic heterocycles. The Bertz CT molecular complexity index is 647. The van der Waals surface area contributed by atoms with E-state index in [0.29, 0.717) is 11.7 Å². The molecule has 100 valence electrons. The van der Waals surface area contributed by atoms with Crippen LogP contribution >= 0.6 is 11.8 Å². The largest absolute Gasteiger partial charge is 0.481 e. The summed E-state index contributed by atoms with van der Waals surface area (Å²) in [7, 11) is 0. The second-order valence-corrected chi connectivity index (χ2v) is 4.81. The highest BCUT2D eigenvalue weighted by Crippen LogP contribution is 2.16. The Morgan fingerprint density at radius 1 is 1.47 bits per heavy atom. The number of rotatable bonds is 5. The molecule has 0 saturated heterocycles. The van der Waals surface area contributed by atoms with Gasteiger partial charge in [-0.05, 0) is 19.1 Å². The number of carboxylic acid groups (broad SMARTS) is 1. The molecule has 0 saturated carbocycles. The van der Waals surface area contributed by atoms with Crippen LogP contribution in [-0.2, 0) is 11.3 Å². The van der Waals surface area contributed by atoms with Crippen molar-refractivity contribution in [3.8, 4) is 0 Å². The van der Waals surface area contributed by atoms with Crippen molar-refractivity contribution in [2.45, 2.75) is 18.6 Å². The summed E-state index contributed by atoms with van der Waals surface area (Å²) in [5.74, 6) is 0.417. The summed E-state index contributed by atoms with van der Waals surface area (Å²) in [6.45, 7) is 2.25. The number of hydrogen-bond donors (Lipinski definition) is 1. The van der Waals surface area contributed by atoms with Crippen molar-refractivity contribution in [1.82, 2.24) is 9.55 Å². The van der Waals surface area contributed by atoms with E-state index in [2.05, 4.69) is 4.98 Å². The van der Waals surface area contributed by atoms with E-state index < -0.39 is 5.97 Å². The van der Waals surface area contributed by atoms with Crippen LogP contribution in [0.25, 0.3) is 0 Å². The normalized spacial score (nSPS) is 10.6. The second kappa shape index (κ2) is 5.75. The van der Waals surface area contributed by atoms with E-state index in [9.17, 15) is 9.59 Å². The molecule has 0 radical (unpaired) electrons. The van der Waals surface area contributed by atoms with Gasteiger partial charge in [-0.1, -0.05) is 11.8 Å². The molecule has 0 aliphatic carbocycles. The summed E-state index contributed by atoms with van der Waals surface area (Å²) < 4.78 is 7.13. The van der Waals surface area contributed by atoms with Gasteiger partial charge in [0.05, 0.1) is 12.3 Å². The van der Waals surface area contributed by atoms with Crippen LogP contribution in [0.4, 0.5) is 0 Å². The predicted molar refractivity (Wildman–Crippen MR) is 69.4 cm³/mol. The highest BCUT2D eigenvalue weighted by atomic mass is 32.2. The number of thioether (sulfide) groups is 1. The molecule has 7 heteroatoms. The second-order valence-electron chi connectivity index (χ2n) is 3.87. The number of carboxylic acids is 1. The number of hydrogen-bond acceptors (Lipinski definition) is 5. The molecule has 6 nitrogen and oxygen atoms in total. The third-order valence-corrected chi connectivity index (χ3v) is 3.27. The Morgan fingerprint density at radius 3 is 2.89 bits per heavy atom. The fourth-order valence-corrected chi connectivity index (χ4v) is 2.21. The van der Waals surface area contributed by atoms with E-state index in [-0.39, 0.29) is 11.3 Å². The van der Waals surface area contributed by atoms with E-state index in [1.165, 1.54) is 6.07 Å². The maximum Gasteiger partial charge on any atom is 0.313 e. The first-order valence-electron chi connectivity index (χ1n) is 5.52. The van der Waals surface area contributed by atoms with Gasteiger partial charge in [0.1, 0.15) is 11.5 Å². The van der Waals surface area contributed by atoms with Gasteiger partial charge in [-0.3, -0.25) is 9.59 Å². The van der Waals surface area contributed by atoms with E-state index in [1.807, 2.05) is 19.1 Å². The minimum Gasteiger partial charge on any atom is -0.481 e. The van der Waals surface area contributed by atoms with Crippen molar-refractivity contribution in [2.24, 2.45) is 0 Å². The monoisotopic (exact) mass is 280 g/mol. The van der Waals surface area contributed by atoms with Crippen LogP contribution in [0.1, 0.15) is 11.5 Å². The number of carbonyl (C=O) groups is 1. The summed E-state index contributed by atoms with van der Waals surface area (Å²) in [5.41, 5.74) is -0.389. The molecule has 0 spiro atoms. The van der Waals surface area contributed by atoms with Crippen molar-refractivity contribution < 1.29 is 14.3 Å². The summed E-state index contributed by atoms with van der Waals surface area (Å²) >= 11 is 1.01. The lowest BCUT2D eigenvalue weighted by Crippen LogP contribution is -2.14. The zero-order chi connectivity index (χ0) is 13.8. The smallest absolute Gasteiger partial charge is 0.313 e. The molecule has 0 unspecified atom stereocenters. The number of aromatic nitrogens is 2. The Hall–Kier alpha value is -2.02. The molecule has 0 bridgehead atoms. The Kier molecular flexibility index (Phi) is 4.06. The number of aliphatic carboxylic acids is 1. The van der Waals surface area contributed by atoms with Gasteiger partial charge in [0.2, 0.25) is 0 Å². The van der Waals surface area contributed by atoms with Crippen molar-refractivity contribution in [2.75, 3.05) is 5.75 Å². The van der Waals surface area contributed by atoms with Crippen LogP contribution < -0.4 is 5.56 Å². The molecule has 2 rings (SSSR count). The summed E-state index contributed by atoms with van der Waals surface area (Å²) in [6.07, 6.45) is 1.58. The fraction of sp³-hybridized carbons (Fsp3) is 0.250. The summed E-state index contributed by atoms with van der Waals surface area (Å²) in [4.78, 5) is 25.6. The van der Waals surface area contributed by atoms with Gasteiger partial charge < -0.3 is 14.1 Å². The minimum atomic E-state index is -0.955. The van der Waals surface area contributed by atoms with Crippen LogP contribution in [0.5, 0.6) is 0 Å². The van der Waals surface area contributed by atoms with Crippen LogP contribution in [-0.4, -0.2) is 26.4 Å². The number of aryl methyl sites for hydroxylation is 1. The molecule has 0 aromatic carbocycles. The molecule has 2 aromatic rings. The Morgan fingerprint density at radius 2 is 2.26 bits per heavy atom. The summed E-state index contributed by atoms with van der Waals surface area (Å²) in [6, 6.07) is 5.01. The zero-order valence-corrected chi connectivity index (χ0v) is 11.0. The summed E-state index contributed by atoms with van der Waals surface area (Å²) in [5, 5.41) is 9.04. The van der Waals surface area contributed by atoms with E-state index in [4.69, 9.17) is 9.52 Å². The quantitative estimate of drug-likeness (QED) is 0.657. The van der Waals surface area contributed by atoms with Gasteiger partial charge >= 0.3 is 5.97 Å². The van der Waals surface area contributed by atoms with Gasteiger partial charge in [-0.2, -0.15) is 4.98 Å². The van der Waals surface area contributed by atoms with Crippen LogP contribution in [0.3, 0.4) is 0 Å². The van der Waals surface area contributed by atoms with Crippen molar-refractivity contribution >= 4 is 17.7 Å². The third kappa shape index (κ3) is 3.72. The topological polar surface area (TPSA) is 85.3 Å². The molecular formula is C12H12N2O4S. The molecule has 19 heavy (non-hydrogen) atoms. The molecule has 1 N–H and O–H groups in total. The van der Waals surface area contributed by atoms with E-state index in [0.717, 1.165) is 23.3 Å². The number of furan rings is 1. The minimum absolute atomic E-state index is 0.145. The van der Waals surface area contributed by atoms with Crippen LogP contribution in [0, 0.1) is 6.92 Å². The standard InChI is InChI=1S/C12H12N2O4S/c1-8-2-3-9(18-8)6-14-5-4-10(15)13-12(14)19-7-11(16)17/h2-5H,6-7H2,1H3,(H,16,17). The first kappa shape index (κ1) is 13.4. The SMILES string of the molecule is Cc1ccc(Cn2ccc(=O)nc2SCC(=O)O)o1. The van der Waals surface area contributed by atoms with Crippen LogP contribution in [0.15, 0.2) is 38.8 Å².